The van der Waals surface area contributed by atoms with Crippen LogP contribution in [0.1, 0.15) is 24.2 Å². The molecule has 26 heavy (non-hydrogen) atoms. The van der Waals surface area contributed by atoms with Crippen LogP contribution in [0, 0.1) is 0 Å². The minimum atomic E-state index is -1.05. The predicted molar refractivity (Wildman–Crippen MR) is 96.7 cm³/mol. The van der Waals surface area contributed by atoms with Gasteiger partial charge in [-0.15, -0.1) is 0 Å². The fraction of sp³-hybridized carbons (Fsp3) is 0.389. The van der Waals surface area contributed by atoms with Crippen LogP contribution in [0.25, 0.3) is 11.2 Å². The Morgan fingerprint density at radius 1 is 1.35 bits per heavy atom. The summed E-state index contributed by atoms with van der Waals surface area (Å²) in [4.78, 5) is 14.7. The maximum atomic E-state index is 14.7. The topological polar surface area (TPSA) is 82.1 Å². The summed E-state index contributed by atoms with van der Waals surface area (Å²) in [7, 11) is 1.59. The van der Waals surface area contributed by atoms with Crippen LogP contribution in [-0.2, 0) is 0 Å². The number of nitrogens with two attached hydrogens (primary N) is 1. The third-order valence-corrected chi connectivity index (χ3v) is 4.90. The number of benzene rings is 1. The Kier molecular flexibility index (Phi) is 4.42. The molecule has 0 radical (unpaired) electrons. The highest BCUT2D eigenvalue weighted by Crippen LogP contribution is 2.29. The van der Waals surface area contributed by atoms with Crippen molar-refractivity contribution in [1.82, 2.24) is 24.4 Å². The van der Waals surface area contributed by atoms with E-state index in [1.165, 1.54) is 6.33 Å². The fourth-order valence-corrected chi connectivity index (χ4v) is 3.51. The molecular formula is C18H21FN6O. The van der Waals surface area contributed by atoms with Crippen molar-refractivity contribution in [3.63, 3.8) is 0 Å². The number of alkyl halides is 1. The Bertz CT molecular complexity index is 914. The lowest BCUT2D eigenvalue weighted by Gasteiger charge is -2.19. The van der Waals surface area contributed by atoms with Crippen LogP contribution in [0.5, 0.6) is 5.75 Å². The van der Waals surface area contributed by atoms with E-state index in [1.54, 1.807) is 25.6 Å². The molecule has 136 valence electrons. The number of halogens is 1. The van der Waals surface area contributed by atoms with Gasteiger partial charge < -0.3 is 15.0 Å². The zero-order chi connectivity index (χ0) is 18.1. The highest BCUT2D eigenvalue weighted by atomic mass is 19.1. The number of methoxy groups -OCH3 is 1. The molecule has 1 fully saturated rings. The fourth-order valence-electron chi connectivity index (χ4n) is 3.51. The summed E-state index contributed by atoms with van der Waals surface area (Å²) in [5.74, 6) is 1.05. The number of hydrogen-bond donors (Lipinski definition) is 1. The van der Waals surface area contributed by atoms with E-state index in [0.29, 0.717) is 29.2 Å². The van der Waals surface area contributed by atoms with Crippen LogP contribution in [0.2, 0.25) is 0 Å². The summed E-state index contributed by atoms with van der Waals surface area (Å²) < 4.78 is 21.9. The highest BCUT2D eigenvalue weighted by molar-refractivity contribution is 5.81. The second-order valence-electron chi connectivity index (χ2n) is 6.53. The third kappa shape index (κ3) is 3.08. The number of ether oxygens (including phenoxy) is 1. The van der Waals surface area contributed by atoms with Gasteiger partial charge in [0.15, 0.2) is 11.5 Å². The Hall–Kier alpha value is -2.74. The molecule has 3 heterocycles. The first-order valence-corrected chi connectivity index (χ1v) is 8.59. The number of nitrogen functional groups attached to an aromatic ring is 1. The summed E-state index contributed by atoms with van der Waals surface area (Å²) in [5.41, 5.74) is 7.84. The van der Waals surface area contributed by atoms with Crippen molar-refractivity contribution in [1.29, 1.82) is 0 Å². The number of likely N-dealkylation sites (tertiary alicyclic amines) is 1. The van der Waals surface area contributed by atoms with Gasteiger partial charge in [0.25, 0.3) is 0 Å². The van der Waals surface area contributed by atoms with Crippen molar-refractivity contribution in [3.8, 4) is 5.75 Å². The monoisotopic (exact) mass is 356 g/mol. The largest absolute Gasteiger partial charge is 0.497 e. The van der Waals surface area contributed by atoms with Gasteiger partial charge in [-0.25, -0.2) is 19.3 Å². The van der Waals surface area contributed by atoms with Gasteiger partial charge in [0.1, 0.15) is 23.8 Å². The van der Waals surface area contributed by atoms with Crippen LogP contribution < -0.4 is 10.5 Å². The standard InChI is InChI=1S/C18H21FN6O/c1-26-14-4-2-3-12(7-14)15(19)9-24-6-5-13(8-24)25-11-23-16-17(20)21-10-22-18(16)25/h2-4,7,10-11,13,15H,5-6,8-9H2,1H3,(H2,20,21,22). The van der Waals surface area contributed by atoms with Crippen molar-refractivity contribution >= 4 is 17.0 Å². The van der Waals surface area contributed by atoms with E-state index in [2.05, 4.69) is 19.9 Å². The van der Waals surface area contributed by atoms with Crippen molar-refractivity contribution in [2.45, 2.75) is 18.6 Å². The molecule has 7 nitrogen and oxygen atoms in total. The van der Waals surface area contributed by atoms with E-state index in [0.717, 1.165) is 25.2 Å². The normalized spacial score (nSPS) is 19.1. The molecule has 2 N–H and O–H groups in total. The summed E-state index contributed by atoms with van der Waals surface area (Å²) in [5, 5.41) is 0. The summed E-state index contributed by atoms with van der Waals surface area (Å²) in [6.07, 6.45) is 3.06. The molecule has 8 heteroatoms. The molecule has 2 atom stereocenters. The van der Waals surface area contributed by atoms with Gasteiger partial charge in [0.05, 0.1) is 19.5 Å². The molecule has 2 aromatic heterocycles. The van der Waals surface area contributed by atoms with Gasteiger partial charge in [0.2, 0.25) is 0 Å². The van der Waals surface area contributed by atoms with Gasteiger partial charge in [-0.05, 0) is 24.1 Å². The quantitative estimate of drug-likeness (QED) is 0.756. The van der Waals surface area contributed by atoms with Gasteiger partial charge in [-0.1, -0.05) is 12.1 Å². The molecule has 1 saturated heterocycles. The third-order valence-electron chi connectivity index (χ3n) is 4.90. The first-order chi connectivity index (χ1) is 12.7. The smallest absolute Gasteiger partial charge is 0.165 e. The lowest BCUT2D eigenvalue weighted by atomic mass is 10.1. The summed E-state index contributed by atoms with van der Waals surface area (Å²) in [6.45, 7) is 1.93. The van der Waals surface area contributed by atoms with Crippen LogP contribution in [0.3, 0.4) is 0 Å². The van der Waals surface area contributed by atoms with E-state index in [9.17, 15) is 4.39 Å². The van der Waals surface area contributed by atoms with Crippen molar-refractivity contribution in [2.75, 3.05) is 32.5 Å². The van der Waals surface area contributed by atoms with Gasteiger partial charge in [-0.2, -0.15) is 0 Å². The van der Waals surface area contributed by atoms with Gasteiger partial charge in [0, 0.05) is 19.6 Å². The first-order valence-electron chi connectivity index (χ1n) is 8.59. The number of hydrogen-bond acceptors (Lipinski definition) is 6. The predicted octanol–water partition coefficient (Wildman–Crippen LogP) is 2.37. The van der Waals surface area contributed by atoms with Crippen molar-refractivity contribution in [3.05, 3.63) is 42.5 Å². The van der Waals surface area contributed by atoms with Gasteiger partial charge >= 0.3 is 0 Å². The minimum absolute atomic E-state index is 0.201. The van der Waals surface area contributed by atoms with Gasteiger partial charge in [-0.3, -0.25) is 4.90 Å². The second kappa shape index (κ2) is 6.87. The van der Waals surface area contributed by atoms with E-state index >= 15 is 0 Å². The van der Waals surface area contributed by atoms with Crippen LogP contribution >= 0.6 is 0 Å². The molecule has 0 spiro atoms. The maximum absolute atomic E-state index is 14.7. The summed E-state index contributed by atoms with van der Waals surface area (Å²) >= 11 is 0. The van der Waals surface area contributed by atoms with Crippen molar-refractivity contribution < 1.29 is 9.13 Å². The van der Waals surface area contributed by atoms with E-state index in [1.807, 2.05) is 16.7 Å². The Morgan fingerprint density at radius 3 is 3.08 bits per heavy atom. The lowest BCUT2D eigenvalue weighted by Crippen LogP contribution is -2.25. The Labute approximate surface area is 150 Å². The molecular weight excluding hydrogens is 335 g/mol. The van der Waals surface area contributed by atoms with E-state index < -0.39 is 6.17 Å². The zero-order valence-corrected chi connectivity index (χ0v) is 14.5. The number of anilines is 1. The molecule has 0 aliphatic carbocycles. The van der Waals surface area contributed by atoms with Crippen LogP contribution in [0.4, 0.5) is 10.2 Å². The molecule has 1 aliphatic heterocycles. The molecule has 4 rings (SSSR count). The molecule has 0 saturated carbocycles. The molecule has 0 amide bonds. The van der Waals surface area contributed by atoms with Crippen LogP contribution in [-0.4, -0.2) is 51.2 Å². The highest BCUT2D eigenvalue weighted by Gasteiger charge is 2.28. The first kappa shape index (κ1) is 16.7. The second-order valence-corrected chi connectivity index (χ2v) is 6.53. The maximum Gasteiger partial charge on any atom is 0.165 e. The Morgan fingerprint density at radius 2 is 2.23 bits per heavy atom. The summed E-state index contributed by atoms with van der Waals surface area (Å²) in [6, 6.07) is 7.38. The minimum Gasteiger partial charge on any atom is -0.497 e. The molecule has 1 aromatic carbocycles. The van der Waals surface area contributed by atoms with E-state index in [4.69, 9.17) is 10.5 Å². The number of fused-ring (bicyclic) bond motifs is 1. The number of aromatic nitrogens is 4. The lowest BCUT2D eigenvalue weighted by molar-refractivity contribution is 0.218. The molecule has 2 unspecified atom stereocenters. The van der Waals surface area contributed by atoms with Crippen molar-refractivity contribution in [2.24, 2.45) is 0 Å². The number of imidazole rings is 1. The molecule has 0 bridgehead atoms. The molecule has 3 aromatic rings. The zero-order valence-electron chi connectivity index (χ0n) is 14.5. The average Bonchev–Trinajstić information content (AvgIpc) is 3.29. The van der Waals surface area contributed by atoms with Crippen LogP contribution in [0.15, 0.2) is 36.9 Å². The number of nitrogens with zero attached hydrogens (tertiary/aromatic N) is 5. The average molecular weight is 356 g/mol. The van der Waals surface area contributed by atoms with E-state index in [-0.39, 0.29) is 6.04 Å². The SMILES string of the molecule is COc1cccc(C(F)CN2CCC(n3cnc4c(N)ncnc43)C2)c1. The number of rotatable bonds is 5. The Balaban J connectivity index is 1.45. The molecule has 1 aliphatic rings.